The van der Waals surface area contributed by atoms with Gasteiger partial charge in [0.25, 0.3) is 0 Å². The lowest BCUT2D eigenvalue weighted by Crippen LogP contribution is -2.25. The van der Waals surface area contributed by atoms with Crippen molar-refractivity contribution in [3.8, 4) is 5.75 Å². The fourth-order valence-electron chi connectivity index (χ4n) is 1.03. The first kappa shape index (κ1) is 12.1. The molecule has 0 saturated carbocycles. The molecule has 0 aliphatic heterocycles. The number of hydrogen-bond donors (Lipinski definition) is 1. The number of carboxylic acids is 1. The first-order valence-corrected chi connectivity index (χ1v) is 5.14. The molecule has 1 aromatic carbocycles. The molecule has 1 rings (SSSR count). The number of hydrogen-bond acceptors (Lipinski definition) is 2. The normalized spacial score (nSPS) is 12.2. The Labute approximate surface area is 97.6 Å². The monoisotopic (exact) mass is 248 g/mol. The fourth-order valence-corrected chi connectivity index (χ4v) is 1.49. The van der Waals surface area contributed by atoms with E-state index in [1.54, 1.807) is 19.1 Å². The number of halogens is 2. The molecular weight excluding hydrogens is 239 g/mol. The smallest absolute Gasteiger partial charge is 0.344 e. The fraction of sp³-hybridized carbons (Fsp3) is 0.300. The van der Waals surface area contributed by atoms with Crippen molar-refractivity contribution >= 4 is 29.2 Å². The summed E-state index contributed by atoms with van der Waals surface area (Å²) in [5.74, 6) is -0.682. The van der Waals surface area contributed by atoms with Gasteiger partial charge in [-0.1, -0.05) is 30.1 Å². The van der Waals surface area contributed by atoms with E-state index in [4.69, 9.17) is 33.0 Å². The summed E-state index contributed by atoms with van der Waals surface area (Å²) in [4.78, 5) is 10.7. The molecule has 0 aromatic heterocycles. The molecule has 0 amide bonds. The molecule has 0 radical (unpaired) electrons. The van der Waals surface area contributed by atoms with Gasteiger partial charge < -0.3 is 9.84 Å². The van der Waals surface area contributed by atoms with Gasteiger partial charge in [0.1, 0.15) is 5.75 Å². The van der Waals surface area contributed by atoms with Crippen molar-refractivity contribution in [3.63, 3.8) is 0 Å². The SMILES string of the molecule is CC[C@H](Oc1ccc(Cl)cc1Cl)C(=O)O. The van der Waals surface area contributed by atoms with E-state index < -0.39 is 12.1 Å². The highest BCUT2D eigenvalue weighted by Crippen LogP contribution is 2.28. The summed E-state index contributed by atoms with van der Waals surface area (Å²) in [5, 5.41) is 9.58. The van der Waals surface area contributed by atoms with E-state index in [2.05, 4.69) is 0 Å². The minimum atomic E-state index is -1.01. The van der Waals surface area contributed by atoms with Gasteiger partial charge in [-0.2, -0.15) is 0 Å². The average molecular weight is 249 g/mol. The van der Waals surface area contributed by atoms with Gasteiger partial charge in [-0.15, -0.1) is 0 Å². The Morgan fingerprint density at radius 3 is 2.67 bits per heavy atom. The van der Waals surface area contributed by atoms with Crippen LogP contribution in [0.3, 0.4) is 0 Å². The quantitative estimate of drug-likeness (QED) is 0.890. The van der Waals surface area contributed by atoms with Crippen molar-refractivity contribution in [1.82, 2.24) is 0 Å². The Bertz CT molecular complexity index is 366. The van der Waals surface area contributed by atoms with Crippen molar-refractivity contribution in [3.05, 3.63) is 28.2 Å². The number of aliphatic carboxylic acids is 1. The molecule has 0 bridgehead atoms. The van der Waals surface area contributed by atoms with E-state index in [-0.39, 0.29) is 0 Å². The van der Waals surface area contributed by atoms with Crippen LogP contribution in [0.25, 0.3) is 0 Å². The standard InChI is InChI=1S/C10H10Cl2O3/c1-2-8(10(13)14)15-9-4-3-6(11)5-7(9)12/h3-5,8H,2H2,1H3,(H,13,14)/t8-/m0/s1. The molecule has 1 N–H and O–H groups in total. The van der Waals surface area contributed by atoms with E-state index in [0.717, 1.165) is 0 Å². The van der Waals surface area contributed by atoms with Gasteiger partial charge in [0.05, 0.1) is 5.02 Å². The van der Waals surface area contributed by atoms with Gasteiger partial charge >= 0.3 is 5.97 Å². The highest BCUT2D eigenvalue weighted by Gasteiger charge is 2.17. The average Bonchev–Trinajstić information content (AvgIpc) is 2.16. The second-order valence-electron chi connectivity index (χ2n) is 2.93. The van der Waals surface area contributed by atoms with E-state index in [0.29, 0.717) is 22.2 Å². The third-order valence-electron chi connectivity index (χ3n) is 1.81. The van der Waals surface area contributed by atoms with Crippen molar-refractivity contribution in [2.45, 2.75) is 19.4 Å². The van der Waals surface area contributed by atoms with E-state index in [1.165, 1.54) is 6.07 Å². The largest absolute Gasteiger partial charge is 0.479 e. The van der Waals surface area contributed by atoms with Gasteiger partial charge in [0, 0.05) is 5.02 Å². The lowest BCUT2D eigenvalue weighted by molar-refractivity contribution is -0.145. The summed E-state index contributed by atoms with van der Waals surface area (Å²) in [5.41, 5.74) is 0. The molecule has 1 atom stereocenters. The predicted molar refractivity (Wildman–Crippen MR) is 58.8 cm³/mol. The molecule has 82 valence electrons. The topological polar surface area (TPSA) is 46.5 Å². The van der Waals surface area contributed by atoms with Crippen LogP contribution in [0.1, 0.15) is 13.3 Å². The van der Waals surface area contributed by atoms with Crippen LogP contribution in [0, 0.1) is 0 Å². The molecule has 0 unspecified atom stereocenters. The second-order valence-corrected chi connectivity index (χ2v) is 3.77. The lowest BCUT2D eigenvalue weighted by atomic mass is 10.2. The van der Waals surface area contributed by atoms with Gasteiger partial charge in [-0.05, 0) is 24.6 Å². The molecule has 0 aliphatic carbocycles. The molecule has 0 aliphatic rings. The summed E-state index contributed by atoms with van der Waals surface area (Å²) in [6.07, 6.45) is -0.516. The molecule has 15 heavy (non-hydrogen) atoms. The Balaban J connectivity index is 2.84. The lowest BCUT2D eigenvalue weighted by Gasteiger charge is -2.14. The Morgan fingerprint density at radius 1 is 1.53 bits per heavy atom. The number of carboxylic acid groups (broad SMARTS) is 1. The van der Waals surface area contributed by atoms with Crippen molar-refractivity contribution < 1.29 is 14.6 Å². The maximum atomic E-state index is 10.7. The third-order valence-corrected chi connectivity index (χ3v) is 2.34. The highest BCUT2D eigenvalue weighted by molar-refractivity contribution is 6.35. The number of ether oxygens (including phenoxy) is 1. The zero-order valence-electron chi connectivity index (χ0n) is 8.04. The van der Waals surface area contributed by atoms with Crippen molar-refractivity contribution in [2.24, 2.45) is 0 Å². The summed E-state index contributed by atoms with van der Waals surface area (Å²) in [7, 11) is 0. The van der Waals surface area contributed by atoms with Gasteiger partial charge in [0.2, 0.25) is 0 Å². The minimum absolute atomic E-state index is 0.308. The Kier molecular flexibility index (Phi) is 4.24. The Morgan fingerprint density at radius 2 is 2.20 bits per heavy atom. The van der Waals surface area contributed by atoms with Crippen LogP contribution in [0.4, 0.5) is 0 Å². The number of benzene rings is 1. The molecule has 0 heterocycles. The predicted octanol–water partition coefficient (Wildman–Crippen LogP) is 3.24. The molecule has 0 saturated heterocycles. The summed E-state index contributed by atoms with van der Waals surface area (Å²) in [6.45, 7) is 1.72. The van der Waals surface area contributed by atoms with Crippen LogP contribution in [0.5, 0.6) is 5.75 Å². The van der Waals surface area contributed by atoms with Gasteiger partial charge in [-0.3, -0.25) is 0 Å². The summed E-state index contributed by atoms with van der Waals surface area (Å²) in [6, 6.07) is 4.65. The molecule has 5 heteroatoms. The highest BCUT2D eigenvalue weighted by atomic mass is 35.5. The maximum absolute atomic E-state index is 10.7. The van der Waals surface area contributed by atoms with E-state index in [1.807, 2.05) is 0 Å². The molecule has 1 aromatic rings. The van der Waals surface area contributed by atoms with Crippen LogP contribution in [-0.2, 0) is 4.79 Å². The van der Waals surface area contributed by atoms with Crippen molar-refractivity contribution in [1.29, 1.82) is 0 Å². The zero-order valence-corrected chi connectivity index (χ0v) is 9.55. The van der Waals surface area contributed by atoms with E-state index in [9.17, 15) is 4.79 Å². The second kappa shape index (κ2) is 5.24. The number of carbonyl (C=O) groups is 1. The molecule has 0 spiro atoms. The number of rotatable bonds is 4. The third kappa shape index (κ3) is 3.29. The van der Waals surface area contributed by atoms with Crippen LogP contribution in [0.2, 0.25) is 10.0 Å². The minimum Gasteiger partial charge on any atom is -0.479 e. The molecule has 3 nitrogen and oxygen atoms in total. The van der Waals surface area contributed by atoms with Crippen LogP contribution in [-0.4, -0.2) is 17.2 Å². The van der Waals surface area contributed by atoms with Crippen molar-refractivity contribution in [2.75, 3.05) is 0 Å². The van der Waals surface area contributed by atoms with E-state index >= 15 is 0 Å². The Hall–Kier alpha value is -0.930. The first-order chi connectivity index (χ1) is 7.04. The van der Waals surface area contributed by atoms with Crippen LogP contribution < -0.4 is 4.74 Å². The molecule has 0 fully saturated rings. The maximum Gasteiger partial charge on any atom is 0.344 e. The summed E-state index contributed by atoms with van der Waals surface area (Å²) >= 11 is 11.5. The van der Waals surface area contributed by atoms with Crippen LogP contribution in [0.15, 0.2) is 18.2 Å². The summed E-state index contributed by atoms with van der Waals surface area (Å²) < 4.78 is 5.22. The zero-order chi connectivity index (χ0) is 11.4. The van der Waals surface area contributed by atoms with Gasteiger partial charge in [0.15, 0.2) is 6.10 Å². The van der Waals surface area contributed by atoms with Gasteiger partial charge in [-0.25, -0.2) is 4.79 Å². The first-order valence-electron chi connectivity index (χ1n) is 4.39. The van der Waals surface area contributed by atoms with Crippen LogP contribution >= 0.6 is 23.2 Å². The molecular formula is C10H10Cl2O3.